The van der Waals surface area contributed by atoms with E-state index in [2.05, 4.69) is 5.32 Å². The Balaban J connectivity index is 1.70. The molecule has 0 saturated carbocycles. The van der Waals surface area contributed by atoms with Crippen LogP contribution in [-0.2, 0) is 17.5 Å². The van der Waals surface area contributed by atoms with Crippen molar-refractivity contribution < 1.29 is 27.4 Å². The number of fused-ring (bicyclic) bond motifs is 1. The lowest BCUT2D eigenvalue weighted by Crippen LogP contribution is -2.45. The third-order valence-corrected chi connectivity index (χ3v) is 7.03. The van der Waals surface area contributed by atoms with Gasteiger partial charge in [0.1, 0.15) is 5.82 Å². The summed E-state index contributed by atoms with van der Waals surface area (Å²) in [5.41, 5.74) is 0.335. The molecule has 0 radical (unpaired) electrons. The Morgan fingerprint density at radius 2 is 1.82 bits per heavy atom. The summed E-state index contributed by atoms with van der Waals surface area (Å²) in [6.45, 7) is 6.55. The van der Waals surface area contributed by atoms with Gasteiger partial charge in [0.2, 0.25) is 11.9 Å². The Morgan fingerprint density at radius 1 is 1.10 bits per heavy atom. The van der Waals surface area contributed by atoms with Gasteiger partial charge in [0.15, 0.2) is 11.5 Å². The zero-order valence-electron chi connectivity index (χ0n) is 22.6. The van der Waals surface area contributed by atoms with Crippen molar-refractivity contribution in [1.82, 2.24) is 14.9 Å². The van der Waals surface area contributed by atoms with Crippen molar-refractivity contribution in [1.29, 1.82) is 0 Å². The first-order valence-corrected chi connectivity index (χ1v) is 13.1. The number of ether oxygens (including phenoxy) is 2. The zero-order chi connectivity index (χ0) is 28.2. The number of hydrogen-bond donors (Lipinski definition) is 1. The summed E-state index contributed by atoms with van der Waals surface area (Å²) in [5.74, 6) is 1.83. The number of alkyl halides is 3. The van der Waals surface area contributed by atoms with Crippen molar-refractivity contribution in [2.75, 3.05) is 50.6 Å². The summed E-state index contributed by atoms with van der Waals surface area (Å²) in [4.78, 5) is 26.5. The second kappa shape index (κ2) is 12.0. The molecule has 1 amide bonds. The normalized spacial score (nSPS) is 15.8. The molecule has 1 saturated heterocycles. The summed E-state index contributed by atoms with van der Waals surface area (Å²) in [7, 11) is 3.06. The van der Waals surface area contributed by atoms with Crippen molar-refractivity contribution >= 4 is 28.6 Å². The van der Waals surface area contributed by atoms with Crippen molar-refractivity contribution in [3.8, 4) is 11.5 Å². The number of nitrogens with one attached hydrogen (secondary N) is 1. The quantitative estimate of drug-likeness (QED) is 0.388. The highest BCUT2D eigenvalue weighted by Crippen LogP contribution is 2.36. The first-order chi connectivity index (χ1) is 18.7. The molecule has 1 aromatic heterocycles. The van der Waals surface area contributed by atoms with Crippen molar-refractivity contribution in [2.24, 2.45) is 5.92 Å². The zero-order valence-corrected chi connectivity index (χ0v) is 22.6. The number of rotatable bonds is 9. The number of halogens is 3. The highest BCUT2D eigenvalue weighted by molar-refractivity contribution is 5.93. The number of amides is 1. The summed E-state index contributed by atoms with van der Waals surface area (Å²) < 4.78 is 50.6. The monoisotopic (exact) mass is 545 g/mol. The molecule has 210 valence electrons. The third kappa shape index (κ3) is 6.29. The molecule has 0 bridgehead atoms. The van der Waals surface area contributed by atoms with Gasteiger partial charge in [0.25, 0.3) is 0 Å². The van der Waals surface area contributed by atoms with Crippen LogP contribution in [0.15, 0.2) is 36.4 Å². The molecule has 4 rings (SSSR count). The Hall–Kier alpha value is -3.76. The molecule has 1 unspecified atom stereocenters. The molecule has 1 N–H and O–H groups in total. The fourth-order valence-electron chi connectivity index (χ4n) is 4.92. The number of benzene rings is 2. The lowest BCUT2D eigenvalue weighted by molar-refractivity contribution is -0.137. The van der Waals surface area contributed by atoms with Gasteiger partial charge in [-0.15, -0.1) is 0 Å². The molecule has 1 fully saturated rings. The van der Waals surface area contributed by atoms with Crippen LogP contribution in [0.25, 0.3) is 10.9 Å². The van der Waals surface area contributed by atoms with Gasteiger partial charge in [-0.25, -0.2) is 4.98 Å². The fourth-order valence-corrected chi connectivity index (χ4v) is 4.92. The summed E-state index contributed by atoms with van der Waals surface area (Å²) >= 11 is 0. The number of piperidine rings is 1. The Kier molecular flexibility index (Phi) is 8.66. The molecular weight excluding hydrogens is 511 g/mol. The van der Waals surface area contributed by atoms with E-state index in [0.29, 0.717) is 65.9 Å². The maximum absolute atomic E-state index is 13.2. The summed E-state index contributed by atoms with van der Waals surface area (Å²) in [5, 5.41) is 3.84. The number of methoxy groups -OCH3 is 2. The molecule has 1 aliphatic heterocycles. The Morgan fingerprint density at radius 3 is 2.49 bits per heavy atom. The molecule has 8 nitrogen and oxygen atoms in total. The number of carbonyl (C=O) groups is 1. The van der Waals surface area contributed by atoms with Gasteiger partial charge in [-0.3, -0.25) is 4.79 Å². The second-order valence-electron chi connectivity index (χ2n) is 9.44. The number of nitrogens with zero attached hydrogens (tertiary/aromatic N) is 4. The number of hydrogen-bond acceptors (Lipinski definition) is 7. The molecule has 1 atom stereocenters. The van der Waals surface area contributed by atoms with Crippen LogP contribution < -0.4 is 19.7 Å². The topological polar surface area (TPSA) is 79.8 Å². The Bertz CT molecular complexity index is 1310. The molecule has 11 heteroatoms. The number of anilines is 2. The largest absolute Gasteiger partial charge is 0.493 e. The van der Waals surface area contributed by atoms with E-state index in [9.17, 15) is 18.0 Å². The number of aromatic nitrogens is 2. The van der Waals surface area contributed by atoms with E-state index < -0.39 is 11.7 Å². The van der Waals surface area contributed by atoms with Gasteiger partial charge < -0.3 is 24.6 Å². The van der Waals surface area contributed by atoms with Crippen molar-refractivity contribution in [3.63, 3.8) is 0 Å². The van der Waals surface area contributed by atoms with Crippen LogP contribution in [0.5, 0.6) is 11.5 Å². The lowest BCUT2D eigenvalue weighted by Gasteiger charge is -2.34. The van der Waals surface area contributed by atoms with Gasteiger partial charge in [-0.1, -0.05) is 12.1 Å². The predicted octanol–water partition coefficient (Wildman–Crippen LogP) is 5.36. The van der Waals surface area contributed by atoms with E-state index in [1.54, 1.807) is 18.2 Å². The minimum atomic E-state index is -4.43. The molecule has 2 aromatic carbocycles. The lowest BCUT2D eigenvalue weighted by atomic mass is 9.96. The fraction of sp³-hybridized carbons (Fsp3) is 0.464. The number of carbonyl (C=O) groups excluding carboxylic acids is 1. The first-order valence-electron chi connectivity index (χ1n) is 13.1. The van der Waals surface area contributed by atoms with Gasteiger partial charge in [0, 0.05) is 44.2 Å². The first kappa shape index (κ1) is 28.3. The smallest absolute Gasteiger partial charge is 0.416 e. The van der Waals surface area contributed by atoms with Gasteiger partial charge in [-0.2, -0.15) is 18.2 Å². The van der Waals surface area contributed by atoms with E-state index >= 15 is 0 Å². The maximum atomic E-state index is 13.2. The SMILES string of the molecule is CCN(CC)C(=O)C1CCCN(c2nc(NCc3cccc(C(F)(F)F)c3)c3cc(OC)c(OC)cc3n2)C1. The Labute approximate surface area is 226 Å². The summed E-state index contributed by atoms with van der Waals surface area (Å²) in [6, 6.07) is 8.68. The highest BCUT2D eigenvalue weighted by atomic mass is 19.4. The van der Waals surface area contributed by atoms with Gasteiger partial charge >= 0.3 is 6.18 Å². The molecule has 39 heavy (non-hydrogen) atoms. The molecule has 0 aliphatic carbocycles. The van der Waals surface area contributed by atoms with E-state index in [4.69, 9.17) is 19.4 Å². The third-order valence-electron chi connectivity index (χ3n) is 7.03. The van der Waals surface area contributed by atoms with Crippen LogP contribution in [0.1, 0.15) is 37.8 Å². The minimum absolute atomic E-state index is 0.118. The van der Waals surface area contributed by atoms with E-state index in [0.717, 1.165) is 25.0 Å². The van der Waals surface area contributed by atoms with Crippen LogP contribution >= 0.6 is 0 Å². The average Bonchev–Trinajstić information content (AvgIpc) is 2.95. The molecule has 0 spiro atoms. The standard InChI is InChI=1S/C28H34F3N5O3/c1-5-35(6-2)26(37)19-10-8-12-36(17-19)27-33-22-15-24(39-4)23(38-3)14-21(22)25(34-27)32-16-18-9-7-11-20(13-18)28(29,30)31/h7,9,11,13-15,19H,5-6,8,10,12,16-17H2,1-4H3,(H,32,33,34). The van der Waals surface area contributed by atoms with Crippen LogP contribution in [0.4, 0.5) is 24.9 Å². The average molecular weight is 546 g/mol. The maximum Gasteiger partial charge on any atom is 0.416 e. The van der Waals surface area contributed by atoms with Crippen LogP contribution in [0, 0.1) is 5.92 Å². The van der Waals surface area contributed by atoms with E-state index in [1.165, 1.54) is 20.3 Å². The highest BCUT2D eigenvalue weighted by Gasteiger charge is 2.31. The predicted molar refractivity (Wildman–Crippen MR) is 144 cm³/mol. The van der Waals surface area contributed by atoms with Gasteiger partial charge in [0.05, 0.1) is 31.2 Å². The summed E-state index contributed by atoms with van der Waals surface area (Å²) in [6.07, 6.45) is -2.81. The molecular formula is C28H34F3N5O3. The van der Waals surface area contributed by atoms with Crippen molar-refractivity contribution in [3.05, 3.63) is 47.5 Å². The molecule has 3 aromatic rings. The van der Waals surface area contributed by atoms with Crippen LogP contribution in [0.3, 0.4) is 0 Å². The van der Waals surface area contributed by atoms with E-state index in [1.807, 2.05) is 23.6 Å². The van der Waals surface area contributed by atoms with Gasteiger partial charge in [-0.05, 0) is 50.5 Å². The van der Waals surface area contributed by atoms with E-state index in [-0.39, 0.29) is 18.4 Å². The molecule has 2 heterocycles. The van der Waals surface area contributed by atoms with Crippen LogP contribution in [0.2, 0.25) is 0 Å². The second-order valence-corrected chi connectivity index (χ2v) is 9.44. The van der Waals surface area contributed by atoms with Crippen molar-refractivity contribution in [2.45, 2.75) is 39.4 Å². The minimum Gasteiger partial charge on any atom is -0.493 e. The molecule has 1 aliphatic rings. The van der Waals surface area contributed by atoms with Crippen LogP contribution in [-0.4, -0.2) is 61.2 Å².